The van der Waals surface area contributed by atoms with Crippen molar-refractivity contribution >= 4 is 50.2 Å². The van der Waals surface area contributed by atoms with Crippen LogP contribution in [0.4, 0.5) is 10.1 Å². The maximum Gasteiger partial charge on any atom is 0.123 e. The summed E-state index contributed by atoms with van der Waals surface area (Å²) in [7, 11) is -0.582. The Labute approximate surface area is 172 Å². The van der Waals surface area contributed by atoms with Crippen LogP contribution in [0.3, 0.4) is 0 Å². The fourth-order valence-electron chi connectivity index (χ4n) is 2.76. The minimum Gasteiger partial charge on any atom is -0.313 e. The Kier molecular flexibility index (Phi) is 8.33. The van der Waals surface area contributed by atoms with Crippen molar-refractivity contribution in [1.82, 2.24) is 0 Å². The molecule has 1 N–H and O–H groups in total. The average Bonchev–Trinajstić information content (AvgIpc) is 2.65. The number of nitrogens with one attached hydrogen (secondary N) is 1. The third-order valence-corrected chi connectivity index (χ3v) is 6.54. The van der Waals surface area contributed by atoms with Crippen molar-refractivity contribution in [1.29, 1.82) is 0 Å². The molecule has 0 heterocycles. The minimum atomic E-state index is -2.32. The van der Waals surface area contributed by atoms with Crippen LogP contribution in [0.15, 0.2) is 47.5 Å². The first-order valence-electron chi connectivity index (χ1n) is 9.06. The molecule has 0 saturated heterocycles. The van der Waals surface area contributed by atoms with Crippen LogP contribution in [0, 0.1) is 5.82 Å². The van der Waals surface area contributed by atoms with Crippen LogP contribution < -0.4 is 4.72 Å². The predicted molar refractivity (Wildman–Crippen MR) is 126 cm³/mol. The molecule has 0 aliphatic rings. The first kappa shape index (κ1) is 22.2. The number of hydrogen-bond acceptors (Lipinski definition) is 3. The monoisotopic (exact) mass is 418 g/mol. The molecule has 150 valence electrons. The molecule has 3 nitrogen and oxygen atoms in total. The number of allylic oxidation sites excluding steroid dienone is 1. The lowest BCUT2D eigenvalue weighted by molar-refractivity contribution is 0.625. The molecule has 0 bridgehead atoms. The van der Waals surface area contributed by atoms with Crippen LogP contribution in [-0.2, 0) is 16.1 Å². The lowest BCUT2D eigenvalue weighted by atomic mass is 9.97. The van der Waals surface area contributed by atoms with E-state index >= 15 is 0 Å². The lowest BCUT2D eigenvalue weighted by Gasteiger charge is -2.12. The van der Waals surface area contributed by atoms with Gasteiger partial charge >= 0.3 is 0 Å². The van der Waals surface area contributed by atoms with Crippen LogP contribution in [0.25, 0.3) is 11.6 Å². The molecule has 2 rings (SSSR count). The first-order chi connectivity index (χ1) is 13.3. The van der Waals surface area contributed by atoms with Crippen LogP contribution in [-0.4, -0.2) is 34.2 Å². The maximum atomic E-state index is 13.8. The summed E-state index contributed by atoms with van der Waals surface area (Å²) in [6.07, 6.45) is 2.82. The highest BCUT2D eigenvalue weighted by molar-refractivity contribution is 8.12. The zero-order valence-electron chi connectivity index (χ0n) is 16.6. The molecule has 0 saturated carbocycles. The number of halogens is 1. The van der Waals surface area contributed by atoms with Gasteiger partial charge in [0.05, 0.1) is 5.55 Å². The molecule has 1 atom stereocenters. The molecule has 6 heteroatoms. The second-order valence-corrected chi connectivity index (χ2v) is 9.80. The lowest BCUT2D eigenvalue weighted by Crippen LogP contribution is -2.14. The minimum absolute atomic E-state index is 0.225. The number of aryl methyl sites for hydroxylation is 1. The Morgan fingerprint density at radius 2 is 2.11 bits per heavy atom. The van der Waals surface area contributed by atoms with Crippen molar-refractivity contribution in [2.75, 3.05) is 23.3 Å². The van der Waals surface area contributed by atoms with E-state index in [1.165, 1.54) is 6.07 Å². The quantitative estimate of drug-likeness (QED) is 0.195. The number of thioether (sulfide) groups is 1. The molecular weight excluding hydrogens is 391 g/mol. The molecule has 0 spiro atoms. The van der Waals surface area contributed by atoms with Gasteiger partial charge in [-0.15, -0.1) is 11.8 Å². The molecular formula is C22H27FN2OS2. The van der Waals surface area contributed by atoms with E-state index in [0.717, 1.165) is 40.1 Å². The van der Waals surface area contributed by atoms with Gasteiger partial charge in [-0.05, 0) is 65.7 Å². The number of anilines is 1. The van der Waals surface area contributed by atoms with E-state index in [2.05, 4.69) is 21.7 Å². The number of nitrogens with zero attached hydrogens (tertiary/aromatic N) is 1. The first-order valence-corrected chi connectivity index (χ1v) is 12.0. The predicted octanol–water partition coefficient (Wildman–Crippen LogP) is 5.38. The number of benzene rings is 2. The summed E-state index contributed by atoms with van der Waals surface area (Å²) < 4.78 is 29.0. The van der Waals surface area contributed by atoms with Gasteiger partial charge in [0.15, 0.2) is 0 Å². The van der Waals surface area contributed by atoms with E-state index in [1.54, 1.807) is 30.4 Å². The highest BCUT2D eigenvalue weighted by atomic mass is 32.2. The Morgan fingerprint density at radius 1 is 1.32 bits per heavy atom. The van der Waals surface area contributed by atoms with Crippen LogP contribution in [0.5, 0.6) is 0 Å². The number of aliphatic imine (C=N–C) groups is 1. The normalized spacial score (nSPS) is 14.2. The van der Waals surface area contributed by atoms with Gasteiger partial charge in [0.1, 0.15) is 5.82 Å². The second-order valence-electron chi connectivity index (χ2n) is 6.44. The summed E-state index contributed by atoms with van der Waals surface area (Å²) >= 11 is 1.61. The zero-order chi connectivity index (χ0) is 20.6. The topological polar surface area (TPSA) is 41.5 Å². The summed E-state index contributed by atoms with van der Waals surface area (Å²) in [6.45, 7) is 3.87. The second kappa shape index (κ2) is 10.5. The van der Waals surface area contributed by atoms with Gasteiger partial charge in [-0.25, -0.2) is 8.60 Å². The highest BCUT2D eigenvalue weighted by Gasteiger charge is 2.07. The maximum absolute atomic E-state index is 13.8. The summed E-state index contributed by atoms with van der Waals surface area (Å²) in [5, 5.41) is 0. The van der Waals surface area contributed by atoms with Crippen molar-refractivity contribution in [3.8, 4) is 0 Å². The largest absolute Gasteiger partial charge is 0.313 e. The van der Waals surface area contributed by atoms with Gasteiger partial charge in [0, 0.05) is 33.9 Å². The fraction of sp³-hybridized carbons (Fsp3) is 0.273. The third kappa shape index (κ3) is 6.84. The van der Waals surface area contributed by atoms with E-state index < -0.39 is 9.71 Å². The molecule has 0 amide bonds. The van der Waals surface area contributed by atoms with E-state index in [0.29, 0.717) is 5.75 Å². The van der Waals surface area contributed by atoms with E-state index in [-0.39, 0.29) is 5.82 Å². The molecule has 0 aliphatic carbocycles. The van der Waals surface area contributed by atoms with Gasteiger partial charge in [-0.1, -0.05) is 31.2 Å². The molecule has 1 unspecified atom stereocenters. The third-order valence-electron chi connectivity index (χ3n) is 4.20. The van der Waals surface area contributed by atoms with Crippen molar-refractivity contribution in [3.63, 3.8) is 0 Å². The van der Waals surface area contributed by atoms with E-state index in [9.17, 15) is 8.60 Å². The van der Waals surface area contributed by atoms with Gasteiger partial charge < -0.3 is 4.72 Å². The van der Waals surface area contributed by atoms with Crippen molar-refractivity contribution in [2.24, 2.45) is 4.99 Å². The van der Waals surface area contributed by atoms with E-state index in [4.69, 9.17) is 0 Å². The SMILES string of the molecule is C=S(=O)(CC)Nc1cccc(/C=C(/C)c2ccc(F)cc2CCSC=NC)c1. The average molecular weight is 419 g/mol. The van der Waals surface area contributed by atoms with Gasteiger partial charge in [-0.3, -0.25) is 4.99 Å². The van der Waals surface area contributed by atoms with Crippen LogP contribution >= 0.6 is 11.8 Å². The summed E-state index contributed by atoms with van der Waals surface area (Å²) in [5.74, 6) is 4.82. The van der Waals surface area contributed by atoms with Gasteiger partial charge in [0.2, 0.25) is 0 Å². The van der Waals surface area contributed by atoms with Gasteiger partial charge in [0.25, 0.3) is 0 Å². The van der Waals surface area contributed by atoms with Crippen molar-refractivity contribution < 1.29 is 8.60 Å². The standard InChI is InChI=1S/C22H27FN2OS2/c1-5-28(4,26)25-21-8-6-7-18(14-21)13-17(2)22-10-9-20(23)15-19(22)11-12-27-16-24-3/h6-10,13-16H,4-5,11-12H2,1-3H3,(H,25,26)/b17-13-,24-16?. The zero-order valence-corrected chi connectivity index (χ0v) is 18.2. The molecule has 28 heavy (non-hydrogen) atoms. The fourth-order valence-corrected chi connectivity index (χ4v) is 4.05. The molecule has 2 aromatic rings. The number of hydrogen-bond donors (Lipinski definition) is 1. The molecule has 0 fully saturated rings. The highest BCUT2D eigenvalue weighted by Crippen LogP contribution is 2.25. The van der Waals surface area contributed by atoms with Crippen molar-refractivity contribution in [2.45, 2.75) is 20.3 Å². The van der Waals surface area contributed by atoms with Crippen LogP contribution in [0.1, 0.15) is 30.5 Å². The Bertz CT molecular complexity index is 966. The summed E-state index contributed by atoms with van der Waals surface area (Å²) in [6, 6.07) is 12.7. The van der Waals surface area contributed by atoms with Gasteiger partial charge in [-0.2, -0.15) is 0 Å². The Balaban J connectivity index is 2.28. The Morgan fingerprint density at radius 3 is 2.82 bits per heavy atom. The molecule has 0 aliphatic heterocycles. The molecule has 2 aromatic carbocycles. The molecule has 0 aromatic heterocycles. The summed E-state index contributed by atoms with van der Waals surface area (Å²) in [5.41, 5.74) is 6.62. The van der Waals surface area contributed by atoms with Crippen molar-refractivity contribution in [3.05, 3.63) is 65.0 Å². The summed E-state index contributed by atoms with van der Waals surface area (Å²) in [4.78, 5) is 3.96. The van der Waals surface area contributed by atoms with Crippen LogP contribution in [0.2, 0.25) is 0 Å². The molecule has 0 radical (unpaired) electrons. The smallest absolute Gasteiger partial charge is 0.123 e. The Hall–Kier alpha value is -2.05. The van der Waals surface area contributed by atoms with E-state index in [1.807, 2.05) is 44.2 Å². The number of rotatable bonds is 9.